The highest BCUT2D eigenvalue weighted by molar-refractivity contribution is 6.02. The smallest absolute Gasteiger partial charge is 0.340 e. The summed E-state index contributed by atoms with van der Waals surface area (Å²) in [7, 11) is 1.38. The molecule has 0 spiro atoms. The third-order valence-corrected chi connectivity index (χ3v) is 3.91. The minimum atomic E-state index is -0.375. The van der Waals surface area contributed by atoms with Gasteiger partial charge in [0.15, 0.2) is 5.82 Å². The van der Waals surface area contributed by atoms with E-state index in [9.17, 15) is 4.79 Å². The van der Waals surface area contributed by atoms with Crippen LogP contribution < -0.4 is 0 Å². The monoisotopic (exact) mass is 328 g/mol. The lowest BCUT2D eigenvalue weighted by molar-refractivity contribution is 0.0602. The molecule has 0 fully saturated rings. The van der Waals surface area contributed by atoms with Crippen molar-refractivity contribution >= 4 is 17.0 Å². The third kappa shape index (κ3) is 2.99. The number of aryl methyl sites for hydroxylation is 2. The van der Waals surface area contributed by atoms with Crippen molar-refractivity contribution in [3.63, 3.8) is 0 Å². The Bertz CT molecular complexity index is 853. The van der Waals surface area contributed by atoms with Gasteiger partial charge in [-0.25, -0.2) is 9.78 Å². The Labute approximate surface area is 139 Å². The number of aromatic amines is 1. The summed E-state index contributed by atoms with van der Waals surface area (Å²) in [6.45, 7) is 4.48. The fourth-order valence-electron chi connectivity index (χ4n) is 2.81. The predicted molar refractivity (Wildman–Crippen MR) is 87.7 cm³/mol. The summed E-state index contributed by atoms with van der Waals surface area (Å²) in [5, 5.41) is 14.1. The normalized spacial score (nSPS) is 11.1. The van der Waals surface area contributed by atoms with Crippen LogP contribution in [0.25, 0.3) is 11.0 Å². The summed E-state index contributed by atoms with van der Waals surface area (Å²) in [6.07, 6.45) is 2.90. The van der Waals surface area contributed by atoms with Gasteiger partial charge in [-0.05, 0) is 31.0 Å². The zero-order chi connectivity index (χ0) is 17.1. The number of imidazole rings is 1. The van der Waals surface area contributed by atoms with E-state index in [2.05, 4.69) is 27.5 Å². The summed E-state index contributed by atoms with van der Waals surface area (Å²) >= 11 is 0. The summed E-state index contributed by atoms with van der Waals surface area (Å²) < 4.78 is 6.94. The maximum atomic E-state index is 12.2. The molecule has 0 aliphatic heterocycles. The highest BCUT2D eigenvalue weighted by atomic mass is 16.5. The van der Waals surface area contributed by atoms with Crippen LogP contribution in [0, 0.1) is 6.92 Å². The van der Waals surface area contributed by atoms with Crippen LogP contribution in [-0.2, 0) is 17.7 Å². The van der Waals surface area contributed by atoms with Crippen molar-refractivity contribution in [1.82, 2.24) is 30.2 Å². The average Bonchev–Trinajstić information content (AvgIpc) is 3.20. The van der Waals surface area contributed by atoms with Crippen LogP contribution in [-0.4, -0.2) is 43.3 Å². The van der Waals surface area contributed by atoms with E-state index in [-0.39, 0.29) is 5.97 Å². The van der Waals surface area contributed by atoms with E-state index in [1.165, 1.54) is 7.11 Å². The molecule has 1 aromatic carbocycles. The van der Waals surface area contributed by atoms with Gasteiger partial charge in [-0.3, -0.25) is 0 Å². The van der Waals surface area contributed by atoms with Gasteiger partial charge in [0.25, 0.3) is 0 Å². The number of H-pyrrole nitrogens is 1. The van der Waals surface area contributed by atoms with Crippen LogP contribution in [0.3, 0.4) is 0 Å². The van der Waals surface area contributed by atoms with E-state index in [1.807, 2.05) is 23.6 Å². The minimum Gasteiger partial charge on any atom is -0.465 e. The number of rotatable bonds is 6. The molecule has 24 heavy (non-hydrogen) atoms. The summed E-state index contributed by atoms with van der Waals surface area (Å²) in [5.74, 6) is 1.08. The standard InChI is InChI=1S/C16H20N6O2/c1-4-5-6-14-17-12-8-10(2)7-11(16(23)24-3)15(12)22(14)9-13-18-20-21-19-13/h7-8H,4-6,9H2,1-3H3,(H,18,19,20,21). The van der Waals surface area contributed by atoms with E-state index in [1.54, 1.807) is 0 Å². The molecule has 0 radical (unpaired) electrons. The highest BCUT2D eigenvalue weighted by Gasteiger charge is 2.20. The number of carbonyl (C=O) groups is 1. The van der Waals surface area contributed by atoms with Gasteiger partial charge in [-0.15, -0.1) is 10.2 Å². The topological polar surface area (TPSA) is 98.6 Å². The van der Waals surface area contributed by atoms with Crippen LogP contribution in [0.2, 0.25) is 0 Å². The second-order valence-electron chi connectivity index (χ2n) is 5.72. The van der Waals surface area contributed by atoms with Crippen LogP contribution in [0.4, 0.5) is 0 Å². The summed E-state index contributed by atoms with van der Waals surface area (Å²) in [6, 6.07) is 3.80. The van der Waals surface area contributed by atoms with Gasteiger partial charge in [0.2, 0.25) is 0 Å². The van der Waals surface area contributed by atoms with Crippen LogP contribution >= 0.6 is 0 Å². The number of fused-ring (bicyclic) bond motifs is 1. The van der Waals surface area contributed by atoms with E-state index in [0.717, 1.165) is 41.7 Å². The first-order chi connectivity index (χ1) is 11.6. The molecule has 0 saturated heterocycles. The Morgan fingerprint density at radius 1 is 1.38 bits per heavy atom. The molecular formula is C16H20N6O2. The van der Waals surface area contributed by atoms with Gasteiger partial charge in [-0.1, -0.05) is 18.6 Å². The molecule has 0 aliphatic carbocycles. The van der Waals surface area contributed by atoms with Gasteiger partial charge < -0.3 is 9.30 Å². The first-order valence-corrected chi connectivity index (χ1v) is 7.94. The van der Waals surface area contributed by atoms with Crippen molar-refractivity contribution in [2.24, 2.45) is 0 Å². The molecule has 8 nitrogen and oxygen atoms in total. The molecule has 1 N–H and O–H groups in total. The molecule has 0 unspecified atom stereocenters. The maximum absolute atomic E-state index is 12.2. The molecule has 3 rings (SSSR count). The number of unbranched alkanes of at least 4 members (excludes halogenated alkanes) is 1. The Balaban J connectivity index is 2.20. The van der Waals surface area contributed by atoms with Crippen molar-refractivity contribution in [1.29, 1.82) is 0 Å². The number of nitrogens with zero attached hydrogens (tertiary/aromatic N) is 5. The molecular weight excluding hydrogens is 308 g/mol. The number of ether oxygens (including phenoxy) is 1. The van der Waals surface area contributed by atoms with E-state index in [0.29, 0.717) is 17.9 Å². The summed E-state index contributed by atoms with van der Waals surface area (Å²) in [5.41, 5.74) is 3.01. The number of esters is 1. The van der Waals surface area contributed by atoms with Crippen molar-refractivity contribution in [2.45, 2.75) is 39.7 Å². The first-order valence-electron chi connectivity index (χ1n) is 7.94. The lowest BCUT2D eigenvalue weighted by atomic mass is 10.1. The fourth-order valence-corrected chi connectivity index (χ4v) is 2.81. The third-order valence-electron chi connectivity index (χ3n) is 3.91. The second-order valence-corrected chi connectivity index (χ2v) is 5.72. The molecule has 0 saturated carbocycles. The number of hydrogen-bond acceptors (Lipinski definition) is 6. The van der Waals surface area contributed by atoms with Crippen LogP contribution in [0.5, 0.6) is 0 Å². The van der Waals surface area contributed by atoms with E-state index < -0.39 is 0 Å². The Morgan fingerprint density at radius 3 is 2.88 bits per heavy atom. The van der Waals surface area contributed by atoms with Crippen molar-refractivity contribution < 1.29 is 9.53 Å². The molecule has 0 aliphatic rings. The molecule has 2 aromatic heterocycles. The fraction of sp³-hybridized carbons (Fsp3) is 0.438. The lowest BCUT2D eigenvalue weighted by Gasteiger charge is -2.09. The van der Waals surface area contributed by atoms with Gasteiger partial charge >= 0.3 is 5.97 Å². The van der Waals surface area contributed by atoms with E-state index in [4.69, 9.17) is 9.72 Å². The van der Waals surface area contributed by atoms with Crippen molar-refractivity contribution in [3.05, 3.63) is 34.9 Å². The Kier molecular flexibility index (Phi) is 4.54. The number of methoxy groups -OCH3 is 1. The van der Waals surface area contributed by atoms with Gasteiger partial charge in [-0.2, -0.15) is 5.21 Å². The number of nitrogens with one attached hydrogen (secondary N) is 1. The van der Waals surface area contributed by atoms with Gasteiger partial charge in [0.05, 0.1) is 30.3 Å². The molecule has 126 valence electrons. The number of tetrazole rings is 1. The molecule has 0 amide bonds. The van der Waals surface area contributed by atoms with Crippen LogP contribution in [0.15, 0.2) is 12.1 Å². The minimum absolute atomic E-state index is 0.375. The zero-order valence-electron chi connectivity index (χ0n) is 14.0. The van der Waals surface area contributed by atoms with Gasteiger partial charge in [0.1, 0.15) is 5.82 Å². The predicted octanol–water partition coefficient (Wildman–Crippen LogP) is 2.04. The molecule has 0 bridgehead atoms. The largest absolute Gasteiger partial charge is 0.465 e. The number of benzene rings is 1. The van der Waals surface area contributed by atoms with Crippen molar-refractivity contribution in [3.8, 4) is 0 Å². The SMILES string of the molecule is CCCCc1nc2cc(C)cc(C(=O)OC)c2n1Cc1nn[nH]n1. The van der Waals surface area contributed by atoms with Crippen LogP contribution in [0.1, 0.15) is 47.3 Å². The van der Waals surface area contributed by atoms with E-state index >= 15 is 0 Å². The maximum Gasteiger partial charge on any atom is 0.340 e. The number of hydrogen-bond donors (Lipinski definition) is 1. The number of aromatic nitrogens is 6. The quantitative estimate of drug-likeness (QED) is 0.695. The Hall–Kier alpha value is -2.77. The molecule has 3 aromatic rings. The molecule has 0 atom stereocenters. The van der Waals surface area contributed by atoms with Gasteiger partial charge in [0, 0.05) is 6.42 Å². The molecule has 2 heterocycles. The first kappa shape index (κ1) is 16.1. The highest BCUT2D eigenvalue weighted by Crippen LogP contribution is 2.25. The number of carbonyl (C=O) groups excluding carboxylic acids is 1. The average molecular weight is 328 g/mol. The lowest BCUT2D eigenvalue weighted by Crippen LogP contribution is -2.10. The zero-order valence-corrected chi connectivity index (χ0v) is 14.0. The Morgan fingerprint density at radius 2 is 2.21 bits per heavy atom. The molecule has 8 heteroatoms. The van der Waals surface area contributed by atoms with Crippen molar-refractivity contribution in [2.75, 3.05) is 7.11 Å². The summed E-state index contributed by atoms with van der Waals surface area (Å²) in [4.78, 5) is 17.0. The second kappa shape index (κ2) is 6.77.